The number of halogens is 3. The van der Waals surface area contributed by atoms with Crippen LogP contribution in [0.2, 0.25) is 15.1 Å². The second kappa shape index (κ2) is 12.0. The maximum Gasteiger partial charge on any atom is 0.264 e. The molecule has 0 fully saturated rings. The Kier molecular flexibility index (Phi) is 9.24. The highest BCUT2D eigenvalue weighted by molar-refractivity contribution is 7.92. The maximum atomic E-state index is 13.6. The number of nitrogens with zero attached hydrogens (tertiary/aromatic N) is 2. The molecule has 0 aliphatic rings. The first kappa shape index (κ1) is 27.8. The smallest absolute Gasteiger partial charge is 0.264 e. The number of amides is 2. The van der Waals surface area contributed by atoms with Crippen LogP contribution in [0.3, 0.4) is 0 Å². The Labute approximate surface area is 225 Å². The van der Waals surface area contributed by atoms with Gasteiger partial charge in [-0.1, -0.05) is 53.0 Å². The summed E-state index contributed by atoms with van der Waals surface area (Å²) in [4.78, 5) is 27.4. The van der Waals surface area contributed by atoms with Gasteiger partial charge in [0.25, 0.3) is 10.0 Å². The third kappa shape index (κ3) is 6.70. The molecule has 1 N–H and O–H groups in total. The van der Waals surface area contributed by atoms with Crippen LogP contribution in [0.1, 0.15) is 12.5 Å². The summed E-state index contributed by atoms with van der Waals surface area (Å²) < 4.78 is 28.3. The minimum absolute atomic E-state index is 0.0525. The molecular formula is C25H24Cl3N3O4S. The molecular weight excluding hydrogens is 545 g/mol. The highest BCUT2D eigenvalue weighted by Crippen LogP contribution is 2.27. The van der Waals surface area contributed by atoms with Gasteiger partial charge in [-0.2, -0.15) is 0 Å². The molecule has 0 saturated carbocycles. The Morgan fingerprint density at radius 1 is 0.889 bits per heavy atom. The summed E-state index contributed by atoms with van der Waals surface area (Å²) >= 11 is 18.1. The van der Waals surface area contributed by atoms with Gasteiger partial charge in [0.2, 0.25) is 11.8 Å². The van der Waals surface area contributed by atoms with Crippen molar-refractivity contribution in [1.29, 1.82) is 0 Å². The van der Waals surface area contributed by atoms with Gasteiger partial charge < -0.3 is 10.2 Å². The summed E-state index contributed by atoms with van der Waals surface area (Å²) in [7, 11) is -2.73. The lowest BCUT2D eigenvalue weighted by Crippen LogP contribution is -2.50. The van der Waals surface area contributed by atoms with Crippen LogP contribution >= 0.6 is 34.8 Å². The largest absolute Gasteiger partial charge is 0.357 e. The average Bonchev–Trinajstić information content (AvgIpc) is 2.86. The van der Waals surface area contributed by atoms with Gasteiger partial charge in [0.05, 0.1) is 10.6 Å². The van der Waals surface area contributed by atoms with Crippen molar-refractivity contribution in [2.45, 2.75) is 24.4 Å². The molecule has 2 amide bonds. The summed E-state index contributed by atoms with van der Waals surface area (Å²) in [6, 6.07) is 17.7. The predicted molar refractivity (Wildman–Crippen MR) is 143 cm³/mol. The Balaban J connectivity index is 2.02. The second-order valence-corrected chi connectivity index (χ2v) is 11.1. The van der Waals surface area contributed by atoms with Crippen LogP contribution in [0, 0.1) is 0 Å². The number of hydrogen-bond acceptors (Lipinski definition) is 4. The van der Waals surface area contributed by atoms with Crippen LogP contribution in [0.25, 0.3) is 0 Å². The molecule has 0 radical (unpaired) electrons. The van der Waals surface area contributed by atoms with E-state index in [0.29, 0.717) is 15.1 Å². The number of likely N-dealkylation sites (N-methyl/N-ethyl adjacent to an activating group) is 1. The molecule has 3 rings (SSSR count). The number of benzene rings is 3. The fourth-order valence-corrected chi connectivity index (χ4v) is 5.31. The van der Waals surface area contributed by atoms with Crippen molar-refractivity contribution in [3.05, 3.63) is 93.4 Å². The standard InChI is InChI=1S/C25H24Cl3N3O4S/c1-17(25(33)29-2)30(15-18-6-8-19(26)9-7-18)24(32)16-31(22-5-3-4-21(28)14-22)36(34,35)23-12-10-20(27)11-13-23/h3-14,17H,15-16H2,1-2H3,(H,29,33)/t17-/m1/s1. The third-order valence-corrected chi connectivity index (χ3v) is 7.98. The molecule has 3 aromatic carbocycles. The zero-order valence-electron chi connectivity index (χ0n) is 19.5. The lowest BCUT2D eigenvalue weighted by atomic mass is 10.1. The molecule has 0 aliphatic heterocycles. The zero-order valence-corrected chi connectivity index (χ0v) is 22.6. The Morgan fingerprint density at radius 2 is 1.47 bits per heavy atom. The van der Waals surface area contributed by atoms with Gasteiger partial charge in [0.1, 0.15) is 12.6 Å². The van der Waals surface area contributed by atoms with Crippen LogP contribution in [0.15, 0.2) is 77.7 Å². The van der Waals surface area contributed by atoms with Crippen molar-refractivity contribution in [2.24, 2.45) is 0 Å². The van der Waals surface area contributed by atoms with E-state index in [2.05, 4.69) is 5.32 Å². The fraction of sp³-hybridized carbons (Fsp3) is 0.200. The molecule has 0 aromatic heterocycles. The molecule has 3 aromatic rings. The molecule has 0 spiro atoms. The van der Waals surface area contributed by atoms with Crippen molar-refractivity contribution in [3.63, 3.8) is 0 Å². The molecule has 0 bridgehead atoms. The highest BCUT2D eigenvalue weighted by Gasteiger charge is 2.32. The minimum atomic E-state index is -4.20. The average molecular weight is 569 g/mol. The van der Waals surface area contributed by atoms with E-state index in [0.717, 1.165) is 9.87 Å². The van der Waals surface area contributed by atoms with Crippen molar-refractivity contribution in [2.75, 3.05) is 17.9 Å². The van der Waals surface area contributed by atoms with E-state index in [-0.39, 0.29) is 17.1 Å². The van der Waals surface area contributed by atoms with Crippen LogP contribution < -0.4 is 9.62 Å². The minimum Gasteiger partial charge on any atom is -0.357 e. The van der Waals surface area contributed by atoms with E-state index in [4.69, 9.17) is 34.8 Å². The Hall–Kier alpha value is -2.78. The number of carbonyl (C=O) groups excluding carboxylic acids is 2. The van der Waals surface area contributed by atoms with E-state index in [1.807, 2.05) is 0 Å². The number of nitrogens with one attached hydrogen (secondary N) is 1. The number of rotatable bonds is 9. The molecule has 1 atom stereocenters. The van der Waals surface area contributed by atoms with Gasteiger partial charge in [0.15, 0.2) is 0 Å². The lowest BCUT2D eigenvalue weighted by Gasteiger charge is -2.31. The Morgan fingerprint density at radius 3 is 2.03 bits per heavy atom. The molecule has 0 saturated heterocycles. The number of anilines is 1. The monoisotopic (exact) mass is 567 g/mol. The molecule has 0 heterocycles. The summed E-state index contributed by atoms with van der Waals surface area (Å²) in [5, 5.41) is 3.73. The van der Waals surface area contributed by atoms with Gasteiger partial charge in [0, 0.05) is 28.7 Å². The van der Waals surface area contributed by atoms with Crippen LogP contribution in [0.5, 0.6) is 0 Å². The number of hydrogen-bond donors (Lipinski definition) is 1. The fourth-order valence-electron chi connectivity index (χ4n) is 3.47. The highest BCUT2D eigenvalue weighted by atomic mass is 35.5. The normalized spacial score (nSPS) is 12.0. The van der Waals surface area contributed by atoms with Gasteiger partial charge in [-0.05, 0) is 67.1 Å². The van der Waals surface area contributed by atoms with Crippen molar-refractivity contribution in [3.8, 4) is 0 Å². The van der Waals surface area contributed by atoms with E-state index >= 15 is 0 Å². The van der Waals surface area contributed by atoms with Gasteiger partial charge in [-0.15, -0.1) is 0 Å². The molecule has 36 heavy (non-hydrogen) atoms. The SMILES string of the molecule is CNC(=O)[C@@H](C)N(Cc1ccc(Cl)cc1)C(=O)CN(c1cccc(Cl)c1)S(=O)(=O)c1ccc(Cl)cc1. The van der Waals surface area contributed by atoms with Gasteiger partial charge in [-0.3, -0.25) is 13.9 Å². The quantitative estimate of drug-likeness (QED) is 0.393. The van der Waals surface area contributed by atoms with E-state index < -0.39 is 34.4 Å². The van der Waals surface area contributed by atoms with Crippen molar-refractivity contribution in [1.82, 2.24) is 10.2 Å². The molecule has 0 unspecified atom stereocenters. The molecule has 11 heteroatoms. The second-order valence-electron chi connectivity index (χ2n) is 7.88. The summed E-state index contributed by atoms with van der Waals surface area (Å²) in [5.74, 6) is -0.981. The van der Waals surface area contributed by atoms with Gasteiger partial charge in [-0.25, -0.2) is 8.42 Å². The van der Waals surface area contributed by atoms with Crippen molar-refractivity contribution >= 4 is 62.3 Å². The summed E-state index contributed by atoms with van der Waals surface area (Å²) in [6.07, 6.45) is 0. The first-order chi connectivity index (χ1) is 17.0. The van der Waals surface area contributed by atoms with E-state index in [1.54, 1.807) is 49.4 Å². The molecule has 7 nitrogen and oxygen atoms in total. The van der Waals surface area contributed by atoms with Crippen LogP contribution in [-0.4, -0.2) is 44.8 Å². The number of carbonyl (C=O) groups is 2. The van der Waals surface area contributed by atoms with Crippen LogP contribution in [-0.2, 0) is 26.2 Å². The molecule has 0 aliphatic carbocycles. The predicted octanol–water partition coefficient (Wildman–Crippen LogP) is 5.01. The van der Waals surface area contributed by atoms with Crippen molar-refractivity contribution < 1.29 is 18.0 Å². The molecule has 190 valence electrons. The Bertz CT molecular complexity index is 1330. The zero-order chi connectivity index (χ0) is 26.5. The maximum absolute atomic E-state index is 13.6. The summed E-state index contributed by atoms with van der Waals surface area (Å²) in [5.41, 5.74) is 0.920. The lowest BCUT2D eigenvalue weighted by molar-refractivity contribution is -0.139. The van der Waals surface area contributed by atoms with Gasteiger partial charge >= 0.3 is 0 Å². The summed E-state index contributed by atoms with van der Waals surface area (Å²) in [6.45, 7) is 1.07. The van der Waals surface area contributed by atoms with Crippen LogP contribution in [0.4, 0.5) is 5.69 Å². The van der Waals surface area contributed by atoms with E-state index in [1.165, 1.54) is 42.3 Å². The first-order valence-electron chi connectivity index (χ1n) is 10.8. The third-order valence-electron chi connectivity index (χ3n) is 5.46. The topological polar surface area (TPSA) is 86.8 Å². The van der Waals surface area contributed by atoms with E-state index in [9.17, 15) is 18.0 Å². The first-order valence-corrected chi connectivity index (χ1v) is 13.4. The number of sulfonamides is 1.